The van der Waals surface area contributed by atoms with Crippen molar-refractivity contribution in [2.75, 3.05) is 7.11 Å². The lowest BCUT2D eigenvalue weighted by Crippen LogP contribution is -2.09. The topological polar surface area (TPSA) is 44.8 Å². The van der Waals surface area contributed by atoms with Gasteiger partial charge in [-0.05, 0) is 24.1 Å². The van der Waals surface area contributed by atoms with Gasteiger partial charge in [0.25, 0.3) is 0 Å². The minimum Gasteiger partial charge on any atom is -0.487 e. The molecule has 0 saturated carbocycles. The lowest BCUT2D eigenvalue weighted by Gasteiger charge is -2.12. The van der Waals surface area contributed by atoms with Gasteiger partial charge in [0.05, 0.1) is 12.1 Å². The molecular formula is C17H16ClFO4. The summed E-state index contributed by atoms with van der Waals surface area (Å²) in [6.45, 7) is 1.91. The van der Waals surface area contributed by atoms with Crippen LogP contribution in [0.25, 0.3) is 0 Å². The van der Waals surface area contributed by atoms with E-state index in [1.165, 1.54) is 13.2 Å². The molecule has 0 radical (unpaired) electrons. The van der Waals surface area contributed by atoms with Crippen molar-refractivity contribution in [3.63, 3.8) is 0 Å². The third-order valence-electron chi connectivity index (χ3n) is 3.20. The predicted octanol–water partition coefficient (Wildman–Crippen LogP) is 4.77. The number of hydrogen-bond donors (Lipinski definition) is 0. The summed E-state index contributed by atoms with van der Waals surface area (Å²) in [5.41, 5.74) is 1.13. The summed E-state index contributed by atoms with van der Waals surface area (Å²) in [7, 11) is 1.22. The molecule has 0 N–H and O–H groups in total. The Kier molecular flexibility index (Phi) is 5.82. The fourth-order valence-electron chi connectivity index (χ4n) is 1.96. The van der Waals surface area contributed by atoms with Gasteiger partial charge in [0.2, 0.25) is 0 Å². The Bertz CT molecular complexity index is 703. The van der Waals surface area contributed by atoms with Crippen LogP contribution in [0.15, 0.2) is 36.4 Å². The van der Waals surface area contributed by atoms with Crippen molar-refractivity contribution in [3.8, 4) is 11.5 Å². The number of carbonyl (C=O) groups excluding carboxylic acids is 1. The van der Waals surface area contributed by atoms with Crippen LogP contribution in [0.3, 0.4) is 0 Å². The van der Waals surface area contributed by atoms with E-state index in [0.29, 0.717) is 28.3 Å². The number of carbonyl (C=O) groups is 1. The number of aryl methyl sites for hydroxylation is 1. The number of para-hydroxylation sites is 1. The van der Waals surface area contributed by atoms with Crippen LogP contribution >= 0.6 is 11.6 Å². The van der Waals surface area contributed by atoms with E-state index >= 15 is 0 Å². The number of halogens is 2. The molecule has 0 bridgehead atoms. The standard InChI is InChI=1S/C17H16ClFO4/c1-3-11-8-13(18)16(9-14(11)19)22-10-12-6-4-5-7-15(12)23-17(20)21-2/h4-9H,3,10H2,1-2H3. The van der Waals surface area contributed by atoms with Crippen LogP contribution in [-0.4, -0.2) is 13.3 Å². The van der Waals surface area contributed by atoms with E-state index in [0.717, 1.165) is 0 Å². The largest absolute Gasteiger partial charge is 0.513 e. The van der Waals surface area contributed by atoms with Gasteiger partial charge >= 0.3 is 6.16 Å². The molecule has 0 aliphatic carbocycles. The molecule has 2 rings (SSSR count). The molecule has 0 saturated heterocycles. The number of benzene rings is 2. The fourth-order valence-corrected chi connectivity index (χ4v) is 2.20. The van der Waals surface area contributed by atoms with Crippen LogP contribution in [-0.2, 0) is 17.8 Å². The monoisotopic (exact) mass is 338 g/mol. The summed E-state index contributed by atoms with van der Waals surface area (Å²) in [4.78, 5) is 11.2. The molecule has 0 unspecified atom stereocenters. The molecule has 0 atom stereocenters. The maximum absolute atomic E-state index is 13.8. The lowest BCUT2D eigenvalue weighted by molar-refractivity contribution is 0.120. The molecule has 6 heteroatoms. The van der Waals surface area contributed by atoms with Gasteiger partial charge in [0.15, 0.2) is 0 Å². The molecule has 0 fully saturated rings. The second-order valence-electron chi connectivity index (χ2n) is 4.68. The first-order chi connectivity index (χ1) is 11.0. The van der Waals surface area contributed by atoms with Crippen molar-refractivity contribution in [1.29, 1.82) is 0 Å². The second kappa shape index (κ2) is 7.83. The van der Waals surface area contributed by atoms with Crippen LogP contribution < -0.4 is 9.47 Å². The summed E-state index contributed by atoms with van der Waals surface area (Å²) >= 11 is 6.10. The van der Waals surface area contributed by atoms with E-state index in [2.05, 4.69) is 4.74 Å². The van der Waals surface area contributed by atoms with Crippen molar-refractivity contribution >= 4 is 17.8 Å². The Morgan fingerprint density at radius 2 is 1.91 bits per heavy atom. The first-order valence-corrected chi connectivity index (χ1v) is 7.37. The Hall–Kier alpha value is -2.27. The molecule has 4 nitrogen and oxygen atoms in total. The van der Waals surface area contributed by atoms with Crippen molar-refractivity contribution in [3.05, 3.63) is 58.4 Å². The Balaban J connectivity index is 2.15. The SMILES string of the molecule is CCc1cc(Cl)c(OCc2ccccc2OC(=O)OC)cc1F. The molecule has 2 aromatic carbocycles. The van der Waals surface area contributed by atoms with E-state index in [1.54, 1.807) is 30.3 Å². The zero-order valence-corrected chi connectivity index (χ0v) is 13.5. The van der Waals surface area contributed by atoms with E-state index in [-0.39, 0.29) is 18.2 Å². The van der Waals surface area contributed by atoms with Gasteiger partial charge in [0, 0.05) is 11.6 Å². The van der Waals surface area contributed by atoms with Crippen LogP contribution in [0.1, 0.15) is 18.1 Å². The summed E-state index contributed by atoms with van der Waals surface area (Å²) in [6, 6.07) is 9.62. The van der Waals surface area contributed by atoms with Crippen molar-refractivity contribution < 1.29 is 23.4 Å². The highest BCUT2D eigenvalue weighted by molar-refractivity contribution is 6.32. The van der Waals surface area contributed by atoms with Gasteiger partial charge < -0.3 is 14.2 Å². The second-order valence-corrected chi connectivity index (χ2v) is 5.09. The van der Waals surface area contributed by atoms with Gasteiger partial charge in [-0.2, -0.15) is 0 Å². The average molecular weight is 339 g/mol. The van der Waals surface area contributed by atoms with Crippen molar-refractivity contribution in [2.24, 2.45) is 0 Å². The van der Waals surface area contributed by atoms with Crippen LogP contribution in [0, 0.1) is 5.82 Å². The molecule has 0 aliphatic heterocycles. The van der Waals surface area contributed by atoms with E-state index in [1.807, 2.05) is 6.92 Å². The molecule has 23 heavy (non-hydrogen) atoms. The lowest BCUT2D eigenvalue weighted by atomic mass is 10.1. The molecule has 0 spiro atoms. The van der Waals surface area contributed by atoms with Gasteiger partial charge in [0.1, 0.15) is 23.9 Å². The highest BCUT2D eigenvalue weighted by atomic mass is 35.5. The summed E-state index contributed by atoms with van der Waals surface area (Å²) < 4.78 is 28.9. The number of rotatable bonds is 5. The molecule has 0 aliphatic rings. The minimum atomic E-state index is -0.825. The fraction of sp³-hybridized carbons (Fsp3) is 0.235. The Morgan fingerprint density at radius 3 is 2.61 bits per heavy atom. The van der Waals surface area contributed by atoms with Gasteiger partial charge in [-0.3, -0.25) is 0 Å². The van der Waals surface area contributed by atoms with Gasteiger partial charge in [-0.15, -0.1) is 0 Å². The number of ether oxygens (including phenoxy) is 3. The van der Waals surface area contributed by atoms with Crippen LogP contribution in [0.2, 0.25) is 5.02 Å². The summed E-state index contributed by atoms with van der Waals surface area (Å²) in [5, 5.41) is 0.328. The number of hydrogen-bond acceptors (Lipinski definition) is 4. The summed E-state index contributed by atoms with van der Waals surface area (Å²) in [6.07, 6.45) is -0.282. The molecule has 0 aromatic heterocycles. The van der Waals surface area contributed by atoms with Crippen molar-refractivity contribution in [1.82, 2.24) is 0 Å². The third kappa shape index (κ3) is 4.36. The first-order valence-electron chi connectivity index (χ1n) is 6.99. The highest BCUT2D eigenvalue weighted by Gasteiger charge is 2.12. The molecule has 0 amide bonds. The van der Waals surface area contributed by atoms with E-state index in [9.17, 15) is 9.18 Å². The molecule has 2 aromatic rings. The summed E-state index contributed by atoms with van der Waals surface area (Å²) in [5.74, 6) is 0.168. The van der Waals surface area contributed by atoms with Gasteiger partial charge in [-0.25, -0.2) is 9.18 Å². The Labute approximate surface area is 138 Å². The third-order valence-corrected chi connectivity index (χ3v) is 3.49. The zero-order valence-electron chi connectivity index (χ0n) is 12.8. The Morgan fingerprint density at radius 1 is 1.17 bits per heavy atom. The van der Waals surface area contributed by atoms with Crippen LogP contribution in [0.4, 0.5) is 9.18 Å². The minimum absolute atomic E-state index is 0.0673. The van der Waals surface area contributed by atoms with Crippen molar-refractivity contribution in [2.45, 2.75) is 20.0 Å². The van der Waals surface area contributed by atoms with Gasteiger partial charge in [-0.1, -0.05) is 36.7 Å². The van der Waals surface area contributed by atoms with Crippen LogP contribution in [0.5, 0.6) is 11.5 Å². The zero-order chi connectivity index (χ0) is 16.8. The molecular weight excluding hydrogens is 323 g/mol. The first kappa shape index (κ1) is 17.1. The molecule has 0 heterocycles. The average Bonchev–Trinajstić information content (AvgIpc) is 2.56. The maximum Gasteiger partial charge on any atom is 0.513 e. The maximum atomic E-state index is 13.8. The van der Waals surface area contributed by atoms with E-state index < -0.39 is 6.16 Å². The quantitative estimate of drug-likeness (QED) is 0.582. The number of methoxy groups -OCH3 is 1. The predicted molar refractivity (Wildman–Crippen MR) is 84.6 cm³/mol. The van der Waals surface area contributed by atoms with E-state index in [4.69, 9.17) is 21.1 Å². The molecule has 122 valence electrons. The normalized spacial score (nSPS) is 10.3. The smallest absolute Gasteiger partial charge is 0.487 e. The highest BCUT2D eigenvalue weighted by Crippen LogP contribution is 2.29.